The van der Waals surface area contributed by atoms with Gasteiger partial charge in [-0.3, -0.25) is 4.90 Å². The molecule has 7 heteroatoms. The largest absolute Gasteiger partial charge is 0.491 e. The molecule has 2 rings (SSSR count). The zero-order valence-corrected chi connectivity index (χ0v) is 17.4. The maximum absolute atomic E-state index is 12.1. The molecule has 1 fully saturated rings. The van der Waals surface area contributed by atoms with E-state index in [1.54, 1.807) is 11.9 Å². The number of piperazine rings is 1. The van der Waals surface area contributed by atoms with Gasteiger partial charge in [-0.2, -0.15) is 0 Å². The van der Waals surface area contributed by atoms with Crippen LogP contribution >= 0.6 is 0 Å². The maximum Gasteiger partial charge on any atom is 0.410 e. The molecule has 0 aromatic heterocycles. The molecule has 7 nitrogen and oxygen atoms in total. The summed E-state index contributed by atoms with van der Waals surface area (Å²) in [5.74, 6) is 0.682. The fourth-order valence-electron chi connectivity index (χ4n) is 2.91. The van der Waals surface area contributed by atoms with Crippen LogP contribution in [0.2, 0.25) is 0 Å². The highest BCUT2D eigenvalue weighted by Crippen LogP contribution is 2.21. The van der Waals surface area contributed by atoms with Crippen molar-refractivity contribution in [3.05, 3.63) is 24.3 Å². The number of carbonyl (C=O) groups excluding carboxylic acids is 1. The van der Waals surface area contributed by atoms with Crippen molar-refractivity contribution in [1.82, 2.24) is 9.80 Å². The van der Waals surface area contributed by atoms with Crippen LogP contribution < -0.4 is 9.64 Å². The SMILES string of the molecule is [2H]C([2H])([2H])OCCOc1ccc(N2CCN(CCN(C)C(=O)OC(C)(C)C)CC2)cc1. The zero-order valence-electron chi connectivity index (χ0n) is 20.4. The predicted octanol–water partition coefficient (Wildman–Crippen LogP) is 2.70. The molecule has 0 N–H and O–H groups in total. The first-order valence-corrected chi connectivity index (χ1v) is 9.71. The Kier molecular flexibility index (Phi) is 6.79. The van der Waals surface area contributed by atoms with Crippen LogP contribution in [0.4, 0.5) is 10.5 Å². The van der Waals surface area contributed by atoms with E-state index in [1.807, 2.05) is 45.0 Å². The molecule has 1 aliphatic rings. The first-order chi connectivity index (χ1) is 14.4. The third-order valence-corrected chi connectivity index (χ3v) is 4.49. The fourth-order valence-corrected chi connectivity index (χ4v) is 2.91. The lowest BCUT2D eigenvalue weighted by Crippen LogP contribution is -2.49. The topological polar surface area (TPSA) is 54.5 Å². The molecule has 1 aromatic rings. The van der Waals surface area contributed by atoms with E-state index in [9.17, 15) is 4.79 Å². The Morgan fingerprint density at radius 1 is 1.14 bits per heavy atom. The van der Waals surface area contributed by atoms with Crippen molar-refractivity contribution in [3.63, 3.8) is 0 Å². The van der Waals surface area contributed by atoms with Crippen molar-refractivity contribution in [1.29, 1.82) is 0 Å². The summed E-state index contributed by atoms with van der Waals surface area (Å²) >= 11 is 0. The lowest BCUT2D eigenvalue weighted by atomic mass is 10.2. The Morgan fingerprint density at radius 3 is 2.43 bits per heavy atom. The van der Waals surface area contributed by atoms with Crippen molar-refractivity contribution in [2.75, 3.05) is 71.5 Å². The lowest BCUT2D eigenvalue weighted by molar-refractivity contribution is 0.0282. The second-order valence-corrected chi connectivity index (χ2v) is 7.92. The molecule has 0 saturated carbocycles. The molecule has 0 unspecified atom stereocenters. The van der Waals surface area contributed by atoms with Crippen LogP contribution in [0.3, 0.4) is 0 Å². The molecule has 28 heavy (non-hydrogen) atoms. The van der Waals surface area contributed by atoms with Crippen molar-refractivity contribution in [3.8, 4) is 5.75 Å². The third-order valence-electron chi connectivity index (χ3n) is 4.49. The van der Waals surface area contributed by atoms with Crippen LogP contribution in [-0.2, 0) is 9.47 Å². The molecular weight excluding hydrogens is 358 g/mol. The van der Waals surface area contributed by atoms with Crippen LogP contribution in [0, 0.1) is 0 Å². The van der Waals surface area contributed by atoms with Crippen LogP contribution in [0.15, 0.2) is 24.3 Å². The fraction of sp³-hybridized carbons (Fsp3) is 0.667. The van der Waals surface area contributed by atoms with Gasteiger partial charge in [-0.1, -0.05) is 0 Å². The summed E-state index contributed by atoms with van der Waals surface area (Å²) in [6.45, 7) is 10.9. The van der Waals surface area contributed by atoms with Gasteiger partial charge in [-0.15, -0.1) is 0 Å². The molecular formula is C21H35N3O4. The van der Waals surface area contributed by atoms with Crippen LogP contribution in [0.1, 0.15) is 24.9 Å². The molecule has 1 aliphatic heterocycles. The molecule has 0 bridgehead atoms. The van der Waals surface area contributed by atoms with Gasteiger partial charge in [0.05, 0.1) is 10.7 Å². The monoisotopic (exact) mass is 396 g/mol. The van der Waals surface area contributed by atoms with E-state index in [1.165, 1.54) is 0 Å². The van der Waals surface area contributed by atoms with Gasteiger partial charge < -0.3 is 24.0 Å². The molecule has 1 amide bonds. The summed E-state index contributed by atoms with van der Waals surface area (Å²) in [5.41, 5.74) is 0.639. The lowest BCUT2D eigenvalue weighted by Gasteiger charge is -2.36. The Hall–Kier alpha value is -1.99. The van der Waals surface area contributed by atoms with Gasteiger partial charge in [0, 0.05) is 59.0 Å². The second-order valence-electron chi connectivity index (χ2n) is 7.92. The Labute approximate surface area is 173 Å². The third kappa shape index (κ3) is 7.56. The van der Waals surface area contributed by atoms with Gasteiger partial charge in [0.1, 0.15) is 18.0 Å². The van der Waals surface area contributed by atoms with E-state index in [4.69, 9.17) is 13.6 Å². The summed E-state index contributed by atoms with van der Waals surface area (Å²) in [5, 5.41) is 0. The minimum Gasteiger partial charge on any atom is -0.491 e. The molecule has 1 saturated heterocycles. The first kappa shape index (κ1) is 18.1. The summed E-state index contributed by atoms with van der Waals surface area (Å²) in [6.07, 6.45) is -0.293. The average molecular weight is 397 g/mol. The standard InChI is InChI=1S/C21H35N3O4/c1-21(2,3)28-20(25)22(4)10-11-23-12-14-24(15-13-23)18-6-8-19(9-7-18)27-17-16-26-5/h6-9H,10-17H2,1-5H3/i5D3. The normalized spacial score (nSPS) is 17.4. The molecule has 0 atom stereocenters. The van der Waals surface area contributed by atoms with Crippen molar-refractivity contribution < 1.29 is 23.1 Å². The summed E-state index contributed by atoms with van der Waals surface area (Å²) in [6, 6.07) is 7.78. The van der Waals surface area contributed by atoms with Crippen LogP contribution in [0.25, 0.3) is 0 Å². The van der Waals surface area contributed by atoms with Gasteiger partial charge in [-0.05, 0) is 45.0 Å². The summed E-state index contributed by atoms with van der Waals surface area (Å²) < 4.78 is 36.6. The number of hydrogen-bond donors (Lipinski definition) is 0. The van der Waals surface area contributed by atoms with Gasteiger partial charge in [0.2, 0.25) is 0 Å². The number of carbonyl (C=O) groups is 1. The van der Waals surface area contributed by atoms with Crippen LogP contribution in [-0.4, -0.2) is 88.1 Å². The van der Waals surface area contributed by atoms with E-state index in [-0.39, 0.29) is 19.3 Å². The number of nitrogens with zero attached hydrogens (tertiary/aromatic N) is 3. The smallest absolute Gasteiger partial charge is 0.410 e. The molecule has 0 radical (unpaired) electrons. The highest BCUT2D eigenvalue weighted by atomic mass is 16.6. The van der Waals surface area contributed by atoms with Crippen LogP contribution in [0.5, 0.6) is 5.75 Å². The maximum atomic E-state index is 12.1. The highest BCUT2D eigenvalue weighted by Gasteiger charge is 2.21. The van der Waals surface area contributed by atoms with Gasteiger partial charge in [0.25, 0.3) is 0 Å². The molecule has 0 aliphatic carbocycles. The number of ether oxygens (including phenoxy) is 3. The van der Waals surface area contributed by atoms with E-state index in [2.05, 4.69) is 14.5 Å². The van der Waals surface area contributed by atoms with Crippen molar-refractivity contribution in [2.45, 2.75) is 26.4 Å². The average Bonchev–Trinajstić information content (AvgIpc) is 2.68. The van der Waals surface area contributed by atoms with Gasteiger partial charge >= 0.3 is 6.09 Å². The van der Waals surface area contributed by atoms with Gasteiger partial charge in [-0.25, -0.2) is 4.79 Å². The Balaban J connectivity index is 1.69. The molecule has 158 valence electrons. The van der Waals surface area contributed by atoms with E-state index in [0.717, 1.165) is 38.4 Å². The number of rotatable bonds is 8. The number of methoxy groups -OCH3 is 1. The summed E-state index contributed by atoms with van der Waals surface area (Å²) in [4.78, 5) is 18.3. The summed E-state index contributed by atoms with van der Waals surface area (Å²) in [7, 11) is -0.621. The highest BCUT2D eigenvalue weighted by molar-refractivity contribution is 5.67. The first-order valence-electron chi connectivity index (χ1n) is 11.2. The molecule has 0 spiro atoms. The predicted molar refractivity (Wildman–Crippen MR) is 111 cm³/mol. The van der Waals surface area contributed by atoms with E-state index in [0.29, 0.717) is 12.3 Å². The minimum atomic E-state index is -2.39. The van der Waals surface area contributed by atoms with E-state index < -0.39 is 12.6 Å². The van der Waals surface area contributed by atoms with Gasteiger partial charge in [0.15, 0.2) is 0 Å². The quantitative estimate of drug-likeness (QED) is 0.630. The number of hydrogen-bond acceptors (Lipinski definition) is 6. The van der Waals surface area contributed by atoms with Crippen molar-refractivity contribution >= 4 is 11.8 Å². The van der Waals surface area contributed by atoms with Crippen molar-refractivity contribution in [2.24, 2.45) is 0 Å². The van der Waals surface area contributed by atoms with E-state index >= 15 is 0 Å². The number of amides is 1. The zero-order chi connectivity index (χ0) is 23.1. The Morgan fingerprint density at radius 2 is 1.82 bits per heavy atom. The molecule has 1 aromatic carbocycles. The number of likely N-dealkylation sites (N-methyl/N-ethyl adjacent to an activating group) is 1. The molecule has 1 heterocycles. The Bertz CT molecular complexity index is 685. The minimum absolute atomic E-state index is 0.0172. The second kappa shape index (κ2) is 10.5. The number of anilines is 1. The number of benzene rings is 1.